The quantitative estimate of drug-likeness (QED) is 0.838. The molecule has 1 aliphatic heterocycles. The van der Waals surface area contributed by atoms with Gasteiger partial charge in [0.05, 0.1) is 0 Å². The van der Waals surface area contributed by atoms with Gasteiger partial charge in [0, 0.05) is 18.2 Å². The summed E-state index contributed by atoms with van der Waals surface area (Å²) in [5.41, 5.74) is 7.43. The average molecular weight is 368 g/mol. The highest BCUT2D eigenvalue weighted by Crippen LogP contribution is 2.24. The standard InChI is InChI=1S/C19H29N3O2.ClH/c1-12(2)17(19(24)22-11-15(10-20)9-14(22)4)21-18(23)16-7-5-13(3)6-8-16;/h5-8,12,14-15,17H,9-11,20H2,1-4H3,(H,21,23);1H. The lowest BCUT2D eigenvalue weighted by Gasteiger charge is -2.29. The first-order valence-electron chi connectivity index (χ1n) is 8.71. The van der Waals surface area contributed by atoms with E-state index in [2.05, 4.69) is 5.32 Å². The van der Waals surface area contributed by atoms with Crippen molar-refractivity contribution >= 4 is 24.2 Å². The molecule has 1 fully saturated rings. The second-order valence-corrected chi connectivity index (χ2v) is 7.24. The van der Waals surface area contributed by atoms with Gasteiger partial charge >= 0.3 is 0 Å². The molecule has 2 rings (SSSR count). The van der Waals surface area contributed by atoms with Crippen molar-refractivity contribution in [3.63, 3.8) is 0 Å². The van der Waals surface area contributed by atoms with E-state index in [4.69, 9.17) is 5.73 Å². The normalized spacial score (nSPS) is 21.0. The number of likely N-dealkylation sites (tertiary alicyclic amines) is 1. The summed E-state index contributed by atoms with van der Waals surface area (Å²) < 4.78 is 0. The third kappa shape index (κ3) is 5.19. The average Bonchev–Trinajstić information content (AvgIpc) is 2.93. The molecule has 0 radical (unpaired) electrons. The number of nitrogens with zero attached hydrogens (tertiary/aromatic N) is 1. The second-order valence-electron chi connectivity index (χ2n) is 7.24. The lowest BCUT2D eigenvalue weighted by molar-refractivity contribution is -0.135. The molecule has 1 aliphatic rings. The largest absolute Gasteiger partial charge is 0.340 e. The molecule has 0 aliphatic carbocycles. The van der Waals surface area contributed by atoms with Crippen molar-refractivity contribution in [1.82, 2.24) is 10.2 Å². The van der Waals surface area contributed by atoms with E-state index in [9.17, 15) is 9.59 Å². The van der Waals surface area contributed by atoms with Crippen molar-refractivity contribution in [3.8, 4) is 0 Å². The Bertz CT molecular complexity index is 589. The van der Waals surface area contributed by atoms with Gasteiger partial charge in [-0.15, -0.1) is 12.4 Å². The Morgan fingerprint density at radius 3 is 2.36 bits per heavy atom. The van der Waals surface area contributed by atoms with Crippen molar-refractivity contribution in [1.29, 1.82) is 0 Å². The Morgan fingerprint density at radius 2 is 1.88 bits per heavy atom. The third-order valence-corrected chi connectivity index (χ3v) is 4.81. The predicted octanol–water partition coefficient (Wildman–Crippen LogP) is 2.37. The molecule has 3 unspecified atom stereocenters. The van der Waals surface area contributed by atoms with Gasteiger partial charge in [0.1, 0.15) is 6.04 Å². The lowest BCUT2D eigenvalue weighted by atomic mass is 10.0. The Hall–Kier alpha value is -1.59. The molecule has 25 heavy (non-hydrogen) atoms. The lowest BCUT2D eigenvalue weighted by Crippen LogP contribution is -2.52. The Morgan fingerprint density at radius 1 is 1.28 bits per heavy atom. The van der Waals surface area contributed by atoms with Gasteiger partial charge in [-0.1, -0.05) is 31.5 Å². The fraction of sp³-hybridized carbons (Fsp3) is 0.579. The Balaban J connectivity index is 0.00000312. The maximum absolute atomic E-state index is 13.0. The van der Waals surface area contributed by atoms with Crippen LogP contribution in [0, 0.1) is 18.8 Å². The highest BCUT2D eigenvalue weighted by atomic mass is 35.5. The van der Waals surface area contributed by atoms with Crippen LogP contribution in [0.2, 0.25) is 0 Å². The molecule has 6 heteroatoms. The van der Waals surface area contributed by atoms with Gasteiger partial charge in [-0.3, -0.25) is 9.59 Å². The number of amides is 2. The van der Waals surface area contributed by atoms with E-state index in [1.807, 2.05) is 44.7 Å². The molecule has 0 aromatic heterocycles. The molecular weight excluding hydrogens is 338 g/mol. The summed E-state index contributed by atoms with van der Waals surface area (Å²) in [5.74, 6) is 0.166. The zero-order valence-corrected chi connectivity index (χ0v) is 16.3. The molecule has 3 N–H and O–H groups in total. The fourth-order valence-electron chi connectivity index (χ4n) is 3.24. The van der Waals surface area contributed by atoms with Gasteiger partial charge in [-0.05, 0) is 50.8 Å². The molecule has 2 amide bonds. The van der Waals surface area contributed by atoms with Crippen LogP contribution in [0.3, 0.4) is 0 Å². The van der Waals surface area contributed by atoms with Crippen molar-refractivity contribution < 1.29 is 9.59 Å². The molecule has 5 nitrogen and oxygen atoms in total. The summed E-state index contributed by atoms with van der Waals surface area (Å²) in [6, 6.07) is 7.02. The van der Waals surface area contributed by atoms with Crippen LogP contribution in [0.5, 0.6) is 0 Å². The number of hydrogen-bond acceptors (Lipinski definition) is 3. The van der Waals surface area contributed by atoms with Crippen molar-refractivity contribution in [2.75, 3.05) is 13.1 Å². The van der Waals surface area contributed by atoms with E-state index < -0.39 is 6.04 Å². The van der Waals surface area contributed by atoms with Crippen LogP contribution in [-0.2, 0) is 4.79 Å². The first-order chi connectivity index (χ1) is 11.3. The minimum Gasteiger partial charge on any atom is -0.340 e. The van der Waals surface area contributed by atoms with E-state index in [0.717, 1.165) is 12.0 Å². The first-order valence-corrected chi connectivity index (χ1v) is 8.71. The number of carbonyl (C=O) groups is 2. The third-order valence-electron chi connectivity index (χ3n) is 4.81. The SMILES string of the molecule is Cc1ccc(C(=O)NC(C(=O)N2CC(CN)CC2C)C(C)C)cc1.Cl. The molecule has 0 spiro atoms. The molecule has 1 aromatic rings. The Kier molecular flexibility index (Phi) is 7.90. The number of rotatable bonds is 5. The van der Waals surface area contributed by atoms with E-state index in [1.54, 1.807) is 12.1 Å². The number of benzene rings is 1. The summed E-state index contributed by atoms with van der Waals surface area (Å²) in [7, 11) is 0. The minimum absolute atomic E-state index is 0. The number of nitrogens with two attached hydrogens (primary N) is 1. The van der Waals surface area contributed by atoms with Gasteiger partial charge in [0.25, 0.3) is 5.91 Å². The second kappa shape index (κ2) is 9.20. The summed E-state index contributed by atoms with van der Waals surface area (Å²) >= 11 is 0. The summed E-state index contributed by atoms with van der Waals surface area (Å²) in [6.07, 6.45) is 0.930. The highest BCUT2D eigenvalue weighted by molar-refractivity contribution is 5.97. The van der Waals surface area contributed by atoms with Crippen molar-refractivity contribution in [3.05, 3.63) is 35.4 Å². The Labute approximate surface area is 156 Å². The smallest absolute Gasteiger partial charge is 0.251 e. The molecule has 140 valence electrons. The molecule has 1 aromatic carbocycles. The molecule has 1 saturated heterocycles. The van der Waals surface area contributed by atoms with E-state index in [1.165, 1.54) is 0 Å². The zero-order valence-electron chi connectivity index (χ0n) is 15.5. The number of aryl methyl sites for hydroxylation is 1. The van der Waals surface area contributed by atoms with Crippen LogP contribution in [0.1, 0.15) is 43.1 Å². The van der Waals surface area contributed by atoms with Crippen molar-refractivity contribution in [2.45, 2.75) is 46.2 Å². The molecule has 0 bridgehead atoms. The number of nitrogens with one attached hydrogen (secondary N) is 1. The van der Waals surface area contributed by atoms with Gasteiger partial charge in [-0.25, -0.2) is 0 Å². The zero-order chi connectivity index (χ0) is 17.9. The molecular formula is C19H30ClN3O2. The maximum Gasteiger partial charge on any atom is 0.251 e. The summed E-state index contributed by atoms with van der Waals surface area (Å²) in [6.45, 7) is 9.21. The highest BCUT2D eigenvalue weighted by Gasteiger charge is 2.36. The van der Waals surface area contributed by atoms with Crippen LogP contribution >= 0.6 is 12.4 Å². The molecule has 3 atom stereocenters. The number of halogens is 1. The molecule has 0 saturated carbocycles. The van der Waals surface area contributed by atoms with Crippen LogP contribution < -0.4 is 11.1 Å². The predicted molar refractivity (Wildman–Crippen MR) is 103 cm³/mol. The van der Waals surface area contributed by atoms with E-state index >= 15 is 0 Å². The number of carbonyl (C=O) groups excluding carboxylic acids is 2. The fourth-order valence-corrected chi connectivity index (χ4v) is 3.24. The van der Waals surface area contributed by atoms with Crippen molar-refractivity contribution in [2.24, 2.45) is 17.6 Å². The minimum atomic E-state index is -0.516. The van der Waals surface area contributed by atoms with Gasteiger partial charge in [-0.2, -0.15) is 0 Å². The van der Waals surface area contributed by atoms with Gasteiger partial charge in [0.2, 0.25) is 5.91 Å². The maximum atomic E-state index is 13.0. The van der Waals surface area contributed by atoms with Crippen LogP contribution in [0.15, 0.2) is 24.3 Å². The molecule has 1 heterocycles. The monoisotopic (exact) mass is 367 g/mol. The summed E-state index contributed by atoms with van der Waals surface area (Å²) in [5, 5.41) is 2.92. The number of hydrogen-bond donors (Lipinski definition) is 2. The van der Waals surface area contributed by atoms with E-state index in [0.29, 0.717) is 24.6 Å². The first kappa shape index (κ1) is 21.5. The van der Waals surface area contributed by atoms with E-state index in [-0.39, 0.29) is 36.2 Å². The summed E-state index contributed by atoms with van der Waals surface area (Å²) in [4.78, 5) is 27.3. The van der Waals surface area contributed by atoms with Crippen LogP contribution in [0.4, 0.5) is 0 Å². The van der Waals surface area contributed by atoms with Crippen LogP contribution in [0.25, 0.3) is 0 Å². The van der Waals surface area contributed by atoms with Gasteiger partial charge in [0.15, 0.2) is 0 Å². The topological polar surface area (TPSA) is 75.4 Å². The van der Waals surface area contributed by atoms with Gasteiger partial charge < -0.3 is 16.0 Å². The van der Waals surface area contributed by atoms with Crippen LogP contribution in [-0.4, -0.2) is 41.9 Å².